The highest BCUT2D eigenvalue weighted by atomic mass is 15.1. The molecule has 1 aliphatic rings. The number of hydrogen-bond acceptors (Lipinski definition) is 5. The molecule has 3 heterocycles. The Bertz CT molecular complexity index is 1130. The second kappa shape index (κ2) is 6.16. The Morgan fingerprint density at radius 1 is 1.07 bits per heavy atom. The Kier molecular flexibility index (Phi) is 3.63. The molecule has 6 nitrogen and oxygen atoms in total. The number of benzene rings is 1. The molecule has 27 heavy (non-hydrogen) atoms. The zero-order valence-electron chi connectivity index (χ0n) is 15.3. The summed E-state index contributed by atoms with van der Waals surface area (Å²) < 4.78 is 2.21. The van der Waals surface area contributed by atoms with Gasteiger partial charge in [0, 0.05) is 48.4 Å². The van der Waals surface area contributed by atoms with Gasteiger partial charge < -0.3 is 9.88 Å². The molecule has 0 amide bonds. The summed E-state index contributed by atoms with van der Waals surface area (Å²) in [6.45, 7) is 1.97. The van der Waals surface area contributed by atoms with Crippen LogP contribution in [-0.2, 0) is 7.05 Å². The van der Waals surface area contributed by atoms with Crippen molar-refractivity contribution in [2.24, 2.45) is 7.05 Å². The van der Waals surface area contributed by atoms with Crippen LogP contribution in [-0.4, -0.2) is 24.5 Å². The molecule has 0 spiro atoms. The largest absolute Gasteiger partial charge is 0.340 e. The van der Waals surface area contributed by atoms with Crippen LogP contribution in [0, 0.1) is 6.92 Å². The molecular weight excluding hydrogens is 336 g/mol. The molecule has 0 radical (unpaired) electrons. The van der Waals surface area contributed by atoms with E-state index in [1.807, 2.05) is 25.1 Å². The molecule has 5 rings (SSSR count). The fraction of sp³-hybridized carbons (Fsp3) is 0.238. The summed E-state index contributed by atoms with van der Waals surface area (Å²) in [5, 5.41) is 3.40. The van der Waals surface area contributed by atoms with Crippen molar-refractivity contribution in [2.75, 3.05) is 5.32 Å². The fourth-order valence-corrected chi connectivity index (χ4v) is 3.41. The number of aromatic nitrogens is 5. The van der Waals surface area contributed by atoms with E-state index in [0.29, 0.717) is 11.7 Å². The van der Waals surface area contributed by atoms with Crippen LogP contribution in [0.1, 0.15) is 30.3 Å². The Morgan fingerprint density at radius 3 is 2.74 bits per heavy atom. The average molecular weight is 356 g/mol. The second-order valence-corrected chi connectivity index (χ2v) is 7.09. The van der Waals surface area contributed by atoms with Crippen molar-refractivity contribution < 1.29 is 0 Å². The molecule has 6 heteroatoms. The van der Waals surface area contributed by atoms with E-state index in [4.69, 9.17) is 4.98 Å². The Hall–Kier alpha value is -3.28. The van der Waals surface area contributed by atoms with Crippen molar-refractivity contribution in [3.8, 4) is 11.4 Å². The highest BCUT2D eigenvalue weighted by Crippen LogP contribution is 2.40. The number of pyridine rings is 1. The van der Waals surface area contributed by atoms with Crippen molar-refractivity contribution in [2.45, 2.75) is 25.7 Å². The van der Waals surface area contributed by atoms with E-state index >= 15 is 0 Å². The Balaban J connectivity index is 1.49. The summed E-state index contributed by atoms with van der Waals surface area (Å²) in [5.74, 6) is 3.25. The number of nitrogens with one attached hydrogen (secondary N) is 1. The monoisotopic (exact) mass is 356 g/mol. The van der Waals surface area contributed by atoms with E-state index in [9.17, 15) is 0 Å². The number of fused-ring (bicyclic) bond motifs is 1. The SMILES string of the molecule is Cc1cc(Nc2ccc3c(c2)nc(C2CC2)n3C)nc(-c2cccnc2)n1. The number of rotatable bonds is 4. The van der Waals surface area contributed by atoms with Gasteiger partial charge in [0.1, 0.15) is 11.6 Å². The van der Waals surface area contributed by atoms with E-state index in [-0.39, 0.29) is 0 Å². The third-order valence-corrected chi connectivity index (χ3v) is 4.90. The Morgan fingerprint density at radius 2 is 1.96 bits per heavy atom. The lowest BCUT2D eigenvalue weighted by molar-refractivity contribution is 0.820. The maximum atomic E-state index is 4.84. The summed E-state index contributed by atoms with van der Waals surface area (Å²) in [5.41, 5.74) is 4.96. The first kappa shape index (κ1) is 15.9. The molecule has 4 aromatic rings. The predicted octanol–water partition coefficient (Wildman–Crippen LogP) is 4.35. The molecular formula is C21H20N6. The summed E-state index contributed by atoms with van der Waals surface area (Å²) in [6.07, 6.45) is 6.02. The van der Waals surface area contributed by atoms with Gasteiger partial charge in [0.15, 0.2) is 5.82 Å². The molecule has 0 aliphatic heterocycles. The van der Waals surface area contributed by atoms with Crippen LogP contribution < -0.4 is 5.32 Å². The quantitative estimate of drug-likeness (QED) is 0.588. The van der Waals surface area contributed by atoms with Crippen molar-refractivity contribution in [3.05, 3.63) is 60.3 Å². The zero-order valence-corrected chi connectivity index (χ0v) is 15.3. The van der Waals surface area contributed by atoms with E-state index in [0.717, 1.165) is 33.8 Å². The number of imidazole rings is 1. The minimum atomic E-state index is 0.630. The summed E-state index contributed by atoms with van der Waals surface area (Å²) in [7, 11) is 2.10. The van der Waals surface area contributed by atoms with Crippen LogP contribution in [0.2, 0.25) is 0 Å². The van der Waals surface area contributed by atoms with E-state index in [2.05, 4.69) is 50.1 Å². The van der Waals surface area contributed by atoms with Crippen molar-refractivity contribution in [3.63, 3.8) is 0 Å². The average Bonchev–Trinajstić information content (AvgIpc) is 3.46. The lowest BCUT2D eigenvalue weighted by Gasteiger charge is -2.09. The molecule has 1 aliphatic carbocycles. The molecule has 0 unspecified atom stereocenters. The first-order chi connectivity index (χ1) is 13.2. The van der Waals surface area contributed by atoms with Crippen LogP contribution in [0.5, 0.6) is 0 Å². The van der Waals surface area contributed by atoms with Gasteiger partial charge in [-0.2, -0.15) is 0 Å². The standard InChI is InChI=1S/C21H20N6/c1-13-10-19(26-20(23-13)15-4-3-9-22-12-15)24-16-7-8-18-17(11-16)25-21(27(18)2)14-5-6-14/h3-4,7-12,14H,5-6H2,1-2H3,(H,23,24,26). The van der Waals surface area contributed by atoms with Crippen molar-refractivity contribution >= 4 is 22.5 Å². The number of hydrogen-bond donors (Lipinski definition) is 1. The van der Waals surface area contributed by atoms with E-state index < -0.39 is 0 Å². The van der Waals surface area contributed by atoms with Crippen molar-refractivity contribution in [1.29, 1.82) is 0 Å². The molecule has 0 saturated heterocycles. The number of nitrogens with zero attached hydrogens (tertiary/aromatic N) is 5. The lowest BCUT2D eigenvalue weighted by Crippen LogP contribution is -1.99. The lowest BCUT2D eigenvalue weighted by atomic mass is 10.2. The topological polar surface area (TPSA) is 68.5 Å². The minimum Gasteiger partial charge on any atom is -0.340 e. The molecule has 1 N–H and O–H groups in total. The van der Waals surface area contributed by atoms with Gasteiger partial charge in [0.2, 0.25) is 0 Å². The first-order valence-electron chi connectivity index (χ1n) is 9.17. The van der Waals surface area contributed by atoms with Crippen LogP contribution in [0.4, 0.5) is 11.5 Å². The molecule has 0 atom stereocenters. The highest BCUT2D eigenvalue weighted by molar-refractivity contribution is 5.81. The second-order valence-electron chi connectivity index (χ2n) is 7.09. The van der Waals surface area contributed by atoms with Gasteiger partial charge in [0.05, 0.1) is 11.0 Å². The molecule has 0 bridgehead atoms. The predicted molar refractivity (Wildman–Crippen MR) is 106 cm³/mol. The number of anilines is 2. The van der Waals surface area contributed by atoms with Crippen LogP contribution in [0.3, 0.4) is 0 Å². The van der Waals surface area contributed by atoms with E-state index in [1.165, 1.54) is 18.7 Å². The zero-order chi connectivity index (χ0) is 18.4. The number of aryl methyl sites for hydroxylation is 2. The van der Waals surface area contributed by atoms with Gasteiger partial charge in [-0.1, -0.05) is 0 Å². The van der Waals surface area contributed by atoms with Crippen LogP contribution >= 0.6 is 0 Å². The molecule has 1 saturated carbocycles. The van der Waals surface area contributed by atoms with Crippen LogP contribution in [0.15, 0.2) is 48.8 Å². The summed E-state index contributed by atoms with van der Waals surface area (Å²) >= 11 is 0. The minimum absolute atomic E-state index is 0.630. The summed E-state index contributed by atoms with van der Waals surface area (Å²) in [6, 6.07) is 12.1. The molecule has 134 valence electrons. The van der Waals surface area contributed by atoms with Gasteiger partial charge in [-0.15, -0.1) is 0 Å². The van der Waals surface area contributed by atoms with Gasteiger partial charge in [-0.05, 0) is 50.1 Å². The Labute approximate surface area is 157 Å². The maximum absolute atomic E-state index is 4.84. The van der Waals surface area contributed by atoms with Crippen LogP contribution in [0.25, 0.3) is 22.4 Å². The fourth-order valence-electron chi connectivity index (χ4n) is 3.41. The van der Waals surface area contributed by atoms with Gasteiger partial charge in [-0.3, -0.25) is 4.98 Å². The van der Waals surface area contributed by atoms with E-state index in [1.54, 1.807) is 12.4 Å². The van der Waals surface area contributed by atoms with Crippen molar-refractivity contribution in [1.82, 2.24) is 24.5 Å². The highest BCUT2D eigenvalue weighted by Gasteiger charge is 2.28. The first-order valence-corrected chi connectivity index (χ1v) is 9.17. The maximum Gasteiger partial charge on any atom is 0.163 e. The normalized spacial score (nSPS) is 13.9. The third kappa shape index (κ3) is 3.03. The molecule has 1 fully saturated rings. The molecule has 1 aromatic carbocycles. The van der Waals surface area contributed by atoms with Gasteiger partial charge >= 0.3 is 0 Å². The molecule has 3 aromatic heterocycles. The summed E-state index contributed by atoms with van der Waals surface area (Å²) in [4.78, 5) is 18.2. The third-order valence-electron chi connectivity index (χ3n) is 4.90. The smallest absolute Gasteiger partial charge is 0.163 e. The van der Waals surface area contributed by atoms with Gasteiger partial charge in [0.25, 0.3) is 0 Å². The van der Waals surface area contributed by atoms with Gasteiger partial charge in [-0.25, -0.2) is 15.0 Å².